The summed E-state index contributed by atoms with van der Waals surface area (Å²) >= 11 is 6.18. The van der Waals surface area contributed by atoms with Gasteiger partial charge in [0.05, 0.1) is 0 Å². The summed E-state index contributed by atoms with van der Waals surface area (Å²) < 4.78 is 40.0. The highest BCUT2D eigenvalue weighted by Gasteiger charge is 2.20. The molecule has 0 radical (unpaired) electrons. The molecule has 1 fully saturated rings. The molecule has 5 heteroatoms. The predicted octanol–water partition coefficient (Wildman–Crippen LogP) is 4.68. The molecule has 1 nitrogen and oxygen atoms in total. The highest BCUT2D eigenvalue weighted by atomic mass is 35.5. The van der Waals surface area contributed by atoms with Crippen molar-refractivity contribution in [2.45, 2.75) is 25.4 Å². The minimum Gasteiger partial charge on any atom is -0.310 e. The molecule has 0 aliphatic heterocycles. The number of hydrogen-bond acceptors (Lipinski definition) is 1. The Morgan fingerprint density at radius 3 is 2.38 bits per heavy atom. The molecule has 2 aromatic carbocycles. The summed E-state index contributed by atoms with van der Waals surface area (Å²) in [5.41, 5.74) is 1.32. The smallest absolute Gasteiger partial charge is 0.161 e. The van der Waals surface area contributed by atoms with Gasteiger partial charge in [-0.05, 0) is 36.1 Å². The van der Waals surface area contributed by atoms with Crippen LogP contribution in [-0.2, 0) is 6.54 Å². The molecule has 0 spiro atoms. The van der Waals surface area contributed by atoms with Gasteiger partial charge in [-0.15, -0.1) is 0 Å². The summed E-state index contributed by atoms with van der Waals surface area (Å²) in [4.78, 5) is 0. The molecule has 0 heterocycles. The Morgan fingerprint density at radius 1 is 1.00 bits per heavy atom. The molecule has 3 rings (SSSR count). The third kappa shape index (κ3) is 3.22. The van der Waals surface area contributed by atoms with E-state index in [2.05, 4.69) is 5.32 Å². The van der Waals surface area contributed by atoms with Gasteiger partial charge >= 0.3 is 0 Å². The third-order valence-corrected chi connectivity index (χ3v) is 3.88. The molecule has 0 unspecified atom stereocenters. The van der Waals surface area contributed by atoms with Crippen LogP contribution in [0, 0.1) is 17.5 Å². The van der Waals surface area contributed by atoms with E-state index >= 15 is 0 Å². The monoisotopic (exact) mass is 311 g/mol. The van der Waals surface area contributed by atoms with Gasteiger partial charge in [0, 0.05) is 29.2 Å². The molecular weight excluding hydrogens is 299 g/mol. The maximum absolute atomic E-state index is 13.7. The minimum absolute atomic E-state index is 0.00231. The quantitative estimate of drug-likeness (QED) is 0.809. The zero-order valence-electron chi connectivity index (χ0n) is 11.1. The Bertz CT molecular complexity index is 683. The van der Waals surface area contributed by atoms with Crippen molar-refractivity contribution >= 4 is 11.6 Å². The number of hydrogen-bond donors (Lipinski definition) is 1. The largest absolute Gasteiger partial charge is 0.310 e. The van der Waals surface area contributed by atoms with Crippen LogP contribution in [0.3, 0.4) is 0 Å². The van der Waals surface area contributed by atoms with E-state index in [1.165, 1.54) is 12.8 Å². The normalized spacial score (nSPS) is 14.5. The second-order valence-electron chi connectivity index (χ2n) is 5.21. The fourth-order valence-corrected chi connectivity index (χ4v) is 2.39. The summed E-state index contributed by atoms with van der Waals surface area (Å²) in [5, 5.41) is 3.81. The Kier molecular flexibility index (Phi) is 3.91. The molecule has 1 aliphatic rings. The van der Waals surface area contributed by atoms with E-state index in [1.54, 1.807) is 18.2 Å². The van der Waals surface area contributed by atoms with Crippen LogP contribution in [0.4, 0.5) is 13.2 Å². The number of nitrogens with one attached hydrogen (secondary N) is 1. The molecule has 0 amide bonds. The molecule has 0 bridgehead atoms. The number of benzene rings is 2. The first-order chi connectivity index (χ1) is 10.0. The van der Waals surface area contributed by atoms with Gasteiger partial charge in [-0.2, -0.15) is 0 Å². The predicted molar refractivity (Wildman–Crippen MR) is 76.6 cm³/mol. The van der Waals surface area contributed by atoms with Crippen LogP contribution in [-0.4, -0.2) is 6.04 Å². The fraction of sp³-hybridized carbons (Fsp3) is 0.250. The van der Waals surface area contributed by atoms with E-state index in [-0.39, 0.29) is 5.56 Å². The Balaban J connectivity index is 1.88. The van der Waals surface area contributed by atoms with Crippen molar-refractivity contribution < 1.29 is 13.2 Å². The van der Waals surface area contributed by atoms with E-state index in [0.29, 0.717) is 29.2 Å². The highest BCUT2D eigenvalue weighted by Crippen LogP contribution is 2.29. The Hall–Kier alpha value is -1.52. The SMILES string of the molecule is Fc1cc(F)c(-c2ccc(CNC3CC3)c(Cl)c2)cc1F. The standard InChI is InChI=1S/C16H13ClF3N/c17-13-5-9(1-2-10(13)8-21-11-3-4-11)12-6-15(19)16(20)7-14(12)18/h1-2,5-7,11,21H,3-4,8H2. The van der Waals surface area contributed by atoms with Gasteiger partial charge in [-0.25, -0.2) is 13.2 Å². The summed E-state index contributed by atoms with van der Waals surface area (Å²) in [6, 6.07) is 6.95. The van der Waals surface area contributed by atoms with Gasteiger partial charge in [0.15, 0.2) is 11.6 Å². The lowest BCUT2D eigenvalue weighted by molar-refractivity contribution is 0.496. The number of halogens is 4. The van der Waals surface area contributed by atoms with Crippen molar-refractivity contribution in [3.8, 4) is 11.1 Å². The summed E-state index contributed by atoms with van der Waals surface area (Å²) in [7, 11) is 0. The lowest BCUT2D eigenvalue weighted by Crippen LogP contribution is -2.15. The van der Waals surface area contributed by atoms with E-state index in [0.717, 1.165) is 11.6 Å². The van der Waals surface area contributed by atoms with Gasteiger partial charge in [0.25, 0.3) is 0 Å². The Morgan fingerprint density at radius 2 is 1.71 bits per heavy atom. The molecular formula is C16H13ClF3N. The second-order valence-corrected chi connectivity index (χ2v) is 5.61. The van der Waals surface area contributed by atoms with Crippen LogP contribution >= 0.6 is 11.6 Å². The van der Waals surface area contributed by atoms with Crippen LogP contribution in [0.15, 0.2) is 30.3 Å². The fourth-order valence-electron chi connectivity index (χ4n) is 2.14. The van der Waals surface area contributed by atoms with Gasteiger partial charge in [0.2, 0.25) is 0 Å². The lowest BCUT2D eigenvalue weighted by Gasteiger charge is -2.09. The summed E-state index contributed by atoms with van der Waals surface area (Å²) in [6.45, 7) is 0.643. The van der Waals surface area contributed by atoms with Crippen LogP contribution in [0.1, 0.15) is 18.4 Å². The van der Waals surface area contributed by atoms with Gasteiger partial charge in [0.1, 0.15) is 5.82 Å². The van der Waals surface area contributed by atoms with Crippen LogP contribution in [0.25, 0.3) is 11.1 Å². The van der Waals surface area contributed by atoms with E-state index in [9.17, 15) is 13.2 Å². The van der Waals surface area contributed by atoms with Crippen molar-refractivity contribution in [2.24, 2.45) is 0 Å². The van der Waals surface area contributed by atoms with E-state index in [1.807, 2.05) is 0 Å². The topological polar surface area (TPSA) is 12.0 Å². The van der Waals surface area contributed by atoms with Crippen molar-refractivity contribution in [3.63, 3.8) is 0 Å². The molecule has 1 aliphatic carbocycles. The first-order valence-corrected chi connectivity index (χ1v) is 7.09. The number of rotatable bonds is 4. The average molecular weight is 312 g/mol. The maximum Gasteiger partial charge on any atom is 0.161 e. The van der Waals surface area contributed by atoms with Crippen molar-refractivity contribution in [1.82, 2.24) is 5.32 Å². The van der Waals surface area contributed by atoms with Gasteiger partial charge in [-0.1, -0.05) is 23.7 Å². The minimum atomic E-state index is -1.20. The molecule has 2 aromatic rings. The zero-order chi connectivity index (χ0) is 15.0. The first-order valence-electron chi connectivity index (χ1n) is 6.71. The summed E-state index contributed by atoms with van der Waals surface area (Å²) in [6.07, 6.45) is 2.35. The Labute approximate surface area is 125 Å². The maximum atomic E-state index is 13.7. The third-order valence-electron chi connectivity index (χ3n) is 3.53. The van der Waals surface area contributed by atoms with Crippen molar-refractivity contribution in [3.05, 3.63) is 58.4 Å². The molecule has 1 saturated carbocycles. The zero-order valence-corrected chi connectivity index (χ0v) is 11.9. The van der Waals surface area contributed by atoms with Crippen molar-refractivity contribution in [1.29, 1.82) is 0 Å². The molecule has 0 aromatic heterocycles. The lowest BCUT2D eigenvalue weighted by atomic mass is 10.0. The molecule has 1 N–H and O–H groups in total. The van der Waals surface area contributed by atoms with E-state index in [4.69, 9.17) is 11.6 Å². The summed E-state index contributed by atoms with van der Waals surface area (Å²) in [5.74, 6) is -3.09. The van der Waals surface area contributed by atoms with Crippen LogP contribution in [0.5, 0.6) is 0 Å². The van der Waals surface area contributed by atoms with E-state index < -0.39 is 17.5 Å². The van der Waals surface area contributed by atoms with Gasteiger partial charge in [-0.3, -0.25) is 0 Å². The highest BCUT2D eigenvalue weighted by molar-refractivity contribution is 6.31. The molecule has 0 atom stereocenters. The van der Waals surface area contributed by atoms with Crippen LogP contribution < -0.4 is 5.32 Å². The molecule has 110 valence electrons. The average Bonchev–Trinajstić information content (AvgIpc) is 3.25. The first kappa shape index (κ1) is 14.4. The molecule has 21 heavy (non-hydrogen) atoms. The van der Waals surface area contributed by atoms with Crippen LogP contribution in [0.2, 0.25) is 5.02 Å². The van der Waals surface area contributed by atoms with Gasteiger partial charge < -0.3 is 5.32 Å². The molecule has 0 saturated heterocycles. The second kappa shape index (κ2) is 5.70. The van der Waals surface area contributed by atoms with Crippen molar-refractivity contribution in [2.75, 3.05) is 0 Å².